The van der Waals surface area contributed by atoms with Crippen molar-refractivity contribution in [1.29, 1.82) is 0 Å². The van der Waals surface area contributed by atoms with Crippen LogP contribution in [0.3, 0.4) is 0 Å². The van der Waals surface area contributed by atoms with Crippen molar-refractivity contribution in [2.75, 3.05) is 13.1 Å². The summed E-state index contributed by atoms with van der Waals surface area (Å²) < 4.78 is 0. The Kier molecular flexibility index (Phi) is 9.09. The molecule has 0 bridgehead atoms. The van der Waals surface area contributed by atoms with Gasteiger partial charge in [0, 0.05) is 25.0 Å². The summed E-state index contributed by atoms with van der Waals surface area (Å²) in [7, 11) is 0. The Morgan fingerprint density at radius 3 is 2.35 bits per heavy atom. The summed E-state index contributed by atoms with van der Waals surface area (Å²) in [4.78, 5) is 34.6. The third-order valence-electron chi connectivity index (χ3n) is 3.70. The molecule has 7 heteroatoms. The van der Waals surface area contributed by atoms with Gasteiger partial charge in [-0.05, 0) is 33.1 Å². The predicted molar refractivity (Wildman–Crippen MR) is 88.9 cm³/mol. The molecule has 1 aliphatic carbocycles. The van der Waals surface area contributed by atoms with Crippen molar-refractivity contribution in [3.8, 4) is 0 Å². The molecule has 0 spiro atoms. The Hall–Kier alpha value is -1.79. The van der Waals surface area contributed by atoms with Crippen molar-refractivity contribution in [2.24, 2.45) is 0 Å². The summed E-state index contributed by atoms with van der Waals surface area (Å²) >= 11 is 0. The normalized spacial score (nSPS) is 15.1. The highest BCUT2D eigenvalue weighted by Crippen LogP contribution is 2.17. The van der Waals surface area contributed by atoms with Gasteiger partial charge in [0.25, 0.3) is 0 Å². The fourth-order valence-electron chi connectivity index (χ4n) is 2.57. The van der Waals surface area contributed by atoms with Crippen LogP contribution in [0.4, 0.5) is 4.79 Å². The van der Waals surface area contributed by atoms with Gasteiger partial charge in [-0.15, -0.1) is 0 Å². The highest BCUT2D eigenvalue weighted by Gasteiger charge is 2.15. The van der Waals surface area contributed by atoms with Crippen molar-refractivity contribution >= 4 is 17.8 Å². The molecule has 1 fully saturated rings. The second-order valence-corrected chi connectivity index (χ2v) is 6.34. The van der Waals surface area contributed by atoms with E-state index in [1.165, 1.54) is 19.3 Å². The summed E-state index contributed by atoms with van der Waals surface area (Å²) in [5.41, 5.74) is 0. The molecule has 0 atom stereocenters. The van der Waals surface area contributed by atoms with Crippen LogP contribution in [0.5, 0.6) is 0 Å². The van der Waals surface area contributed by atoms with Crippen LogP contribution in [0.15, 0.2) is 0 Å². The quantitative estimate of drug-likeness (QED) is 0.501. The Morgan fingerprint density at radius 1 is 1.00 bits per heavy atom. The molecule has 1 rings (SSSR count). The maximum absolute atomic E-state index is 11.7. The topological polar surface area (TPSA) is 99.3 Å². The van der Waals surface area contributed by atoms with Gasteiger partial charge < -0.3 is 21.3 Å². The van der Waals surface area contributed by atoms with Crippen LogP contribution in [-0.2, 0) is 9.59 Å². The zero-order chi connectivity index (χ0) is 17.1. The largest absolute Gasteiger partial charge is 0.352 e. The first-order chi connectivity index (χ1) is 11.0. The molecular formula is C16H30N4O3. The lowest BCUT2D eigenvalue weighted by Crippen LogP contribution is -2.43. The summed E-state index contributed by atoms with van der Waals surface area (Å²) in [6.07, 6.45) is 6.55. The second-order valence-electron chi connectivity index (χ2n) is 6.34. The Morgan fingerprint density at radius 2 is 1.70 bits per heavy atom. The number of amides is 4. The highest BCUT2D eigenvalue weighted by molar-refractivity contribution is 5.84. The van der Waals surface area contributed by atoms with Gasteiger partial charge >= 0.3 is 6.03 Å². The van der Waals surface area contributed by atoms with Gasteiger partial charge in [-0.25, -0.2) is 4.79 Å². The number of carbonyl (C=O) groups excluding carboxylic acids is 3. The molecule has 7 nitrogen and oxygen atoms in total. The molecule has 0 heterocycles. The van der Waals surface area contributed by atoms with Crippen molar-refractivity contribution in [2.45, 2.75) is 70.9 Å². The Balaban J connectivity index is 2.01. The SMILES string of the molecule is CC(C)NC(=O)CNC(=O)CCCNC(=O)NC1CCCCC1. The van der Waals surface area contributed by atoms with Crippen molar-refractivity contribution in [3.63, 3.8) is 0 Å². The van der Waals surface area contributed by atoms with E-state index in [1.807, 2.05) is 13.8 Å². The standard InChI is InChI=1S/C16H30N4O3/c1-12(2)19-15(22)11-18-14(21)9-6-10-17-16(23)20-13-7-4-3-5-8-13/h12-13H,3-11H2,1-2H3,(H,18,21)(H,19,22)(H2,17,20,23). The van der Waals surface area contributed by atoms with E-state index in [0.717, 1.165) is 12.8 Å². The minimum absolute atomic E-state index is 0.00733. The summed E-state index contributed by atoms with van der Waals surface area (Å²) in [6.45, 7) is 4.17. The van der Waals surface area contributed by atoms with E-state index in [1.54, 1.807) is 0 Å². The molecule has 4 N–H and O–H groups in total. The number of carbonyl (C=O) groups is 3. The Labute approximate surface area is 138 Å². The number of nitrogens with one attached hydrogen (secondary N) is 4. The third-order valence-corrected chi connectivity index (χ3v) is 3.70. The molecule has 0 aromatic carbocycles. The van der Waals surface area contributed by atoms with Gasteiger partial charge in [0.05, 0.1) is 6.54 Å². The maximum Gasteiger partial charge on any atom is 0.315 e. The molecule has 23 heavy (non-hydrogen) atoms. The first-order valence-corrected chi connectivity index (χ1v) is 8.58. The first-order valence-electron chi connectivity index (χ1n) is 8.58. The molecule has 0 unspecified atom stereocenters. The van der Waals surface area contributed by atoms with Gasteiger partial charge in [-0.2, -0.15) is 0 Å². The monoisotopic (exact) mass is 326 g/mol. The zero-order valence-corrected chi connectivity index (χ0v) is 14.2. The van der Waals surface area contributed by atoms with Crippen molar-refractivity contribution < 1.29 is 14.4 Å². The van der Waals surface area contributed by atoms with E-state index < -0.39 is 0 Å². The van der Waals surface area contributed by atoms with Gasteiger partial charge in [-0.1, -0.05) is 19.3 Å². The van der Waals surface area contributed by atoms with Crippen LogP contribution < -0.4 is 21.3 Å². The van der Waals surface area contributed by atoms with E-state index in [2.05, 4.69) is 21.3 Å². The van der Waals surface area contributed by atoms with Crippen LogP contribution in [0.25, 0.3) is 0 Å². The Bertz CT molecular complexity index is 393. The van der Waals surface area contributed by atoms with Crippen molar-refractivity contribution in [1.82, 2.24) is 21.3 Å². The first kappa shape index (κ1) is 19.3. The summed E-state index contributed by atoms with van der Waals surface area (Å²) in [6, 6.07) is 0.186. The van der Waals surface area contributed by atoms with Gasteiger partial charge in [-0.3, -0.25) is 9.59 Å². The van der Waals surface area contributed by atoms with Gasteiger partial charge in [0.2, 0.25) is 11.8 Å². The molecule has 1 saturated carbocycles. The van der Waals surface area contributed by atoms with Crippen molar-refractivity contribution in [3.05, 3.63) is 0 Å². The van der Waals surface area contributed by atoms with Crippen LogP contribution in [0.2, 0.25) is 0 Å². The summed E-state index contributed by atoms with van der Waals surface area (Å²) in [5.74, 6) is -0.378. The van der Waals surface area contributed by atoms with E-state index in [4.69, 9.17) is 0 Å². The zero-order valence-electron chi connectivity index (χ0n) is 14.2. The average molecular weight is 326 g/mol. The van der Waals surface area contributed by atoms with E-state index in [9.17, 15) is 14.4 Å². The lowest BCUT2D eigenvalue weighted by Gasteiger charge is -2.22. The predicted octanol–water partition coefficient (Wildman–Crippen LogP) is 1.04. The summed E-state index contributed by atoms with van der Waals surface area (Å²) in [5, 5.41) is 11.0. The number of hydrogen-bond acceptors (Lipinski definition) is 3. The smallest absolute Gasteiger partial charge is 0.315 e. The molecule has 132 valence electrons. The molecule has 0 aromatic rings. The molecule has 0 aromatic heterocycles. The van der Waals surface area contributed by atoms with Crippen LogP contribution in [0, 0.1) is 0 Å². The highest BCUT2D eigenvalue weighted by atomic mass is 16.2. The molecular weight excluding hydrogens is 296 g/mol. The molecule has 0 aliphatic heterocycles. The van der Waals surface area contributed by atoms with Gasteiger partial charge in [0.1, 0.15) is 0 Å². The molecule has 0 radical (unpaired) electrons. The number of rotatable bonds is 8. The fraction of sp³-hybridized carbons (Fsp3) is 0.812. The minimum atomic E-state index is -0.196. The van der Waals surface area contributed by atoms with Gasteiger partial charge in [0.15, 0.2) is 0 Å². The van der Waals surface area contributed by atoms with Crippen LogP contribution in [0.1, 0.15) is 58.8 Å². The lowest BCUT2D eigenvalue weighted by molar-refractivity contribution is -0.126. The molecule has 0 saturated heterocycles. The fourth-order valence-corrected chi connectivity index (χ4v) is 2.57. The maximum atomic E-state index is 11.7. The van der Waals surface area contributed by atoms with Crippen LogP contribution in [-0.4, -0.2) is 43.0 Å². The average Bonchev–Trinajstić information content (AvgIpc) is 2.50. The molecule has 1 aliphatic rings. The van der Waals surface area contributed by atoms with E-state index in [-0.39, 0.29) is 36.5 Å². The van der Waals surface area contributed by atoms with Crippen LogP contribution >= 0.6 is 0 Å². The second kappa shape index (κ2) is 10.9. The molecule has 4 amide bonds. The third kappa shape index (κ3) is 9.76. The van der Waals surface area contributed by atoms with E-state index in [0.29, 0.717) is 19.4 Å². The minimum Gasteiger partial charge on any atom is -0.352 e. The number of hydrogen-bond donors (Lipinski definition) is 4. The number of urea groups is 1. The van der Waals surface area contributed by atoms with E-state index >= 15 is 0 Å². The lowest BCUT2D eigenvalue weighted by atomic mass is 9.96.